The van der Waals surface area contributed by atoms with Crippen LogP contribution in [-0.2, 0) is 61.6 Å². The number of carbonyl (C=O) groups is 1. The molecule has 0 saturated carbocycles. The summed E-state index contributed by atoms with van der Waals surface area (Å²) in [6.45, 7) is 15.4. The Balaban J connectivity index is 1.62. The molecule has 0 aliphatic carbocycles. The van der Waals surface area contributed by atoms with Gasteiger partial charge in [0.15, 0.2) is 0 Å². The number of hydrogen-bond acceptors (Lipinski definition) is 14. The van der Waals surface area contributed by atoms with Crippen LogP contribution in [0.4, 0.5) is 0 Å². The van der Waals surface area contributed by atoms with E-state index in [1.54, 1.807) is 0 Å². The molecular weight excluding hydrogens is 762 g/mol. The Hall–Kier alpha value is -1.01. The van der Waals surface area contributed by atoms with Crippen LogP contribution in [0.2, 0.25) is 0 Å². The molecule has 1 aliphatic heterocycles. The topological polar surface area (TPSA) is 140 Å². The van der Waals surface area contributed by atoms with Gasteiger partial charge in [0, 0.05) is 6.42 Å². The van der Waals surface area contributed by atoms with Crippen molar-refractivity contribution in [1.82, 2.24) is 5.32 Å². The lowest BCUT2D eigenvalue weighted by Crippen LogP contribution is -2.33. The lowest BCUT2D eigenvalue weighted by molar-refractivity contribution is -0.145. The molecule has 1 saturated heterocycles. The SMILES string of the molecule is CCCCCCCCCCCCCCCCCC(=O)OCCOCCOCCOCCOCCOCCOCCOCCOCCOCCOCCOC1CCNCC1. The van der Waals surface area contributed by atoms with Crippen molar-refractivity contribution in [1.29, 1.82) is 0 Å². The third kappa shape index (κ3) is 46.3. The average molecular weight is 852 g/mol. The Labute approximate surface area is 359 Å². The van der Waals surface area contributed by atoms with Crippen LogP contribution >= 0.6 is 0 Å². The number of nitrogens with one attached hydrogen (secondary N) is 1. The molecule has 0 bridgehead atoms. The first kappa shape index (κ1) is 56.0. The highest BCUT2D eigenvalue weighted by Gasteiger charge is 2.12. The van der Waals surface area contributed by atoms with E-state index in [2.05, 4.69) is 12.2 Å². The second-order valence-electron chi connectivity index (χ2n) is 14.9. The van der Waals surface area contributed by atoms with Gasteiger partial charge in [-0.1, -0.05) is 96.8 Å². The van der Waals surface area contributed by atoms with Crippen LogP contribution in [0.3, 0.4) is 0 Å². The van der Waals surface area contributed by atoms with Gasteiger partial charge in [0.1, 0.15) is 6.61 Å². The second-order valence-corrected chi connectivity index (χ2v) is 14.9. The highest BCUT2D eigenvalue weighted by atomic mass is 16.6. The van der Waals surface area contributed by atoms with E-state index in [1.807, 2.05) is 0 Å². The molecule has 0 aromatic heterocycles. The summed E-state index contributed by atoms with van der Waals surface area (Å²) in [7, 11) is 0. The number of carbonyl (C=O) groups excluding carboxylic acids is 1. The maximum absolute atomic E-state index is 11.9. The van der Waals surface area contributed by atoms with Gasteiger partial charge in [-0.15, -0.1) is 0 Å². The second kappa shape index (κ2) is 49.6. The normalized spacial score (nSPS) is 13.4. The van der Waals surface area contributed by atoms with E-state index in [0.717, 1.165) is 38.8 Å². The van der Waals surface area contributed by atoms with Crippen LogP contribution in [0.25, 0.3) is 0 Å². The van der Waals surface area contributed by atoms with Crippen molar-refractivity contribution in [2.75, 3.05) is 158 Å². The fraction of sp³-hybridized carbons (Fsp3) is 0.978. The van der Waals surface area contributed by atoms with Gasteiger partial charge < -0.3 is 62.2 Å². The predicted octanol–water partition coefficient (Wildman–Crippen LogP) is 6.73. The Morgan fingerprint density at radius 3 is 0.966 bits per heavy atom. The molecule has 0 aromatic carbocycles. The van der Waals surface area contributed by atoms with Gasteiger partial charge in [0.05, 0.1) is 145 Å². The Bertz CT molecular complexity index is 810. The summed E-state index contributed by atoms with van der Waals surface area (Å²) in [4.78, 5) is 11.9. The van der Waals surface area contributed by atoms with Crippen LogP contribution in [0.1, 0.15) is 122 Å². The molecule has 0 atom stereocenters. The van der Waals surface area contributed by atoms with E-state index in [0.29, 0.717) is 151 Å². The molecule has 1 heterocycles. The number of unbranched alkanes of at least 4 members (excludes halogenated alkanes) is 14. The molecule has 14 nitrogen and oxygen atoms in total. The summed E-state index contributed by atoms with van der Waals surface area (Å²) < 4.78 is 66.2. The third-order valence-electron chi connectivity index (χ3n) is 9.69. The van der Waals surface area contributed by atoms with Gasteiger partial charge in [-0.3, -0.25) is 4.79 Å². The van der Waals surface area contributed by atoms with E-state index < -0.39 is 0 Å². The number of piperidine rings is 1. The van der Waals surface area contributed by atoms with E-state index >= 15 is 0 Å². The standard InChI is InChI=1S/C45H89NO13/c1-2-3-4-5-6-7-8-9-10-11-12-13-14-15-16-17-45(47)59-43-41-57-39-37-55-35-33-53-31-29-51-27-25-49-23-22-48-24-26-50-28-30-52-32-34-54-36-38-56-40-42-58-44-18-20-46-21-19-44/h44,46H,2-43H2,1H3. The zero-order valence-corrected chi connectivity index (χ0v) is 37.6. The first-order valence-electron chi connectivity index (χ1n) is 23.6. The summed E-state index contributed by atoms with van der Waals surface area (Å²) in [6, 6.07) is 0. The lowest BCUT2D eigenvalue weighted by Gasteiger charge is -2.22. The molecule has 0 amide bonds. The minimum Gasteiger partial charge on any atom is -0.463 e. The van der Waals surface area contributed by atoms with Crippen molar-refractivity contribution in [3.63, 3.8) is 0 Å². The largest absolute Gasteiger partial charge is 0.463 e. The van der Waals surface area contributed by atoms with Crippen LogP contribution < -0.4 is 5.32 Å². The predicted molar refractivity (Wildman–Crippen MR) is 231 cm³/mol. The maximum atomic E-state index is 11.9. The fourth-order valence-corrected chi connectivity index (χ4v) is 6.24. The number of ether oxygens (including phenoxy) is 12. The Morgan fingerprint density at radius 2 is 0.644 bits per heavy atom. The Kier molecular flexibility index (Phi) is 47.1. The van der Waals surface area contributed by atoms with Crippen LogP contribution in [0.15, 0.2) is 0 Å². The molecule has 1 aliphatic rings. The smallest absolute Gasteiger partial charge is 0.305 e. The maximum Gasteiger partial charge on any atom is 0.305 e. The molecule has 0 aromatic rings. The molecule has 1 rings (SSSR count). The fourth-order valence-electron chi connectivity index (χ4n) is 6.24. The van der Waals surface area contributed by atoms with Crippen LogP contribution in [-0.4, -0.2) is 171 Å². The first-order valence-corrected chi connectivity index (χ1v) is 23.6. The minimum absolute atomic E-state index is 0.129. The van der Waals surface area contributed by atoms with Crippen LogP contribution in [0, 0.1) is 0 Å². The zero-order chi connectivity index (χ0) is 42.0. The molecule has 59 heavy (non-hydrogen) atoms. The molecule has 0 unspecified atom stereocenters. The quantitative estimate of drug-likeness (QED) is 0.0511. The highest BCUT2D eigenvalue weighted by molar-refractivity contribution is 5.69. The lowest BCUT2D eigenvalue weighted by atomic mass is 10.0. The molecular formula is C45H89NO13. The Morgan fingerprint density at radius 1 is 0.373 bits per heavy atom. The van der Waals surface area contributed by atoms with E-state index in [9.17, 15) is 4.79 Å². The minimum atomic E-state index is -0.129. The molecule has 0 radical (unpaired) electrons. The summed E-state index contributed by atoms with van der Waals surface area (Å²) in [5.41, 5.74) is 0. The van der Waals surface area contributed by atoms with Crippen molar-refractivity contribution in [3.8, 4) is 0 Å². The van der Waals surface area contributed by atoms with Crippen LogP contribution in [0.5, 0.6) is 0 Å². The van der Waals surface area contributed by atoms with Crippen molar-refractivity contribution in [3.05, 3.63) is 0 Å². The third-order valence-corrected chi connectivity index (χ3v) is 9.69. The number of esters is 1. The van der Waals surface area contributed by atoms with Gasteiger partial charge >= 0.3 is 5.97 Å². The van der Waals surface area contributed by atoms with Gasteiger partial charge in [-0.2, -0.15) is 0 Å². The average Bonchev–Trinajstić information content (AvgIpc) is 3.25. The van der Waals surface area contributed by atoms with Crippen molar-refractivity contribution in [2.24, 2.45) is 0 Å². The zero-order valence-electron chi connectivity index (χ0n) is 37.6. The van der Waals surface area contributed by atoms with Crippen molar-refractivity contribution < 1.29 is 61.6 Å². The summed E-state index contributed by atoms with van der Waals surface area (Å²) in [5, 5.41) is 3.33. The van der Waals surface area contributed by atoms with Crippen molar-refractivity contribution in [2.45, 2.75) is 129 Å². The van der Waals surface area contributed by atoms with Gasteiger partial charge in [-0.05, 0) is 32.4 Å². The first-order chi connectivity index (χ1) is 29.3. The van der Waals surface area contributed by atoms with Gasteiger partial charge in [0.25, 0.3) is 0 Å². The summed E-state index contributed by atoms with van der Waals surface area (Å²) in [6.07, 6.45) is 22.8. The van der Waals surface area contributed by atoms with Gasteiger partial charge in [-0.25, -0.2) is 0 Å². The van der Waals surface area contributed by atoms with Gasteiger partial charge in [0.2, 0.25) is 0 Å². The molecule has 1 N–H and O–H groups in total. The molecule has 352 valence electrons. The molecule has 14 heteroatoms. The monoisotopic (exact) mass is 852 g/mol. The number of hydrogen-bond donors (Lipinski definition) is 1. The summed E-state index contributed by atoms with van der Waals surface area (Å²) in [5.74, 6) is -0.129. The van der Waals surface area contributed by atoms with Crippen molar-refractivity contribution >= 4 is 5.97 Å². The van der Waals surface area contributed by atoms with E-state index in [1.165, 1.54) is 83.5 Å². The van der Waals surface area contributed by atoms with E-state index in [4.69, 9.17) is 56.8 Å². The number of rotatable bonds is 50. The molecule has 0 spiro atoms. The molecule has 1 fully saturated rings. The highest BCUT2D eigenvalue weighted by Crippen LogP contribution is 2.14. The summed E-state index contributed by atoms with van der Waals surface area (Å²) >= 11 is 0. The van der Waals surface area contributed by atoms with E-state index in [-0.39, 0.29) is 12.6 Å².